The van der Waals surface area contributed by atoms with Crippen molar-refractivity contribution in [3.63, 3.8) is 0 Å². The summed E-state index contributed by atoms with van der Waals surface area (Å²) < 4.78 is 6.65. The molecule has 3 N–H and O–H groups in total. The minimum absolute atomic E-state index is 0.174. The van der Waals surface area contributed by atoms with Crippen molar-refractivity contribution < 1.29 is 19.4 Å². The summed E-state index contributed by atoms with van der Waals surface area (Å²) in [4.78, 5) is 31.2. The molecule has 3 aromatic heterocycles. The number of rotatable bonds is 9. The lowest BCUT2D eigenvalue weighted by Gasteiger charge is -2.39. The molecule has 11 heteroatoms. The number of aliphatic hydroxyl groups is 1. The molecule has 2 unspecified atom stereocenters. The molecule has 268 valence electrons. The van der Waals surface area contributed by atoms with E-state index in [-0.39, 0.29) is 12.0 Å². The summed E-state index contributed by atoms with van der Waals surface area (Å²) in [6.45, 7) is 7.71. The molecule has 4 atom stereocenters. The summed E-state index contributed by atoms with van der Waals surface area (Å²) in [5.41, 5.74) is 6.21. The van der Waals surface area contributed by atoms with Crippen LogP contribution in [0.1, 0.15) is 60.8 Å². The molecule has 0 amide bonds. The van der Waals surface area contributed by atoms with Crippen LogP contribution in [0.5, 0.6) is 0 Å². The Kier molecular flexibility index (Phi) is 9.33. The second-order valence-electron chi connectivity index (χ2n) is 14.5. The molecular formula is C41H43ClN6O4. The number of carboxylic acids is 1. The van der Waals surface area contributed by atoms with Gasteiger partial charge in [0.1, 0.15) is 22.6 Å². The summed E-state index contributed by atoms with van der Waals surface area (Å²) in [5, 5.41) is 25.1. The van der Waals surface area contributed by atoms with Crippen molar-refractivity contribution >= 4 is 51.0 Å². The quantitative estimate of drug-likeness (QED) is 0.143. The van der Waals surface area contributed by atoms with Crippen LogP contribution in [0.15, 0.2) is 83.6 Å². The van der Waals surface area contributed by atoms with Gasteiger partial charge < -0.3 is 19.9 Å². The fraction of sp³-hybridized carbons (Fsp3) is 0.366. The number of carbonyl (C=O) groups is 1. The average Bonchev–Trinajstić information content (AvgIpc) is 3.76. The van der Waals surface area contributed by atoms with E-state index in [0.717, 1.165) is 77.6 Å². The Balaban J connectivity index is 1.19. The molecule has 8 rings (SSSR count). The van der Waals surface area contributed by atoms with Crippen molar-refractivity contribution in [2.45, 2.75) is 70.3 Å². The number of nitrogens with one attached hydrogen (secondary N) is 1. The number of carboxylic acid groups (broad SMARTS) is 1. The Labute approximate surface area is 307 Å². The number of pyridine rings is 2. The number of likely N-dealkylation sites (tertiary alicyclic amines) is 2. The molecule has 0 radical (unpaired) electrons. The molecule has 2 aromatic carbocycles. The highest BCUT2D eigenvalue weighted by molar-refractivity contribution is 6.34. The number of hydrogen-bond donors (Lipinski definition) is 3. The number of allylic oxidation sites excluding steroid dienone is 2. The van der Waals surface area contributed by atoms with Gasteiger partial charge in [0.25, 0.3) is 0 Å². The fourth-order valence-electron chi connectivity index (χ4n) is 8.22. The molecule has 3 aliphatic rings. The van der Waals surface area contributed by atoms with Crippen molar-refractivity contribution in [1.29, 1.82) is 0 Å². The Morgan fingerprint density at radius 2 is 1.94 bits per heavy atom. The van der Waals surface area contributed by atoms with Crippen molar-refractivity contribution in [2.24, 2.45) is 5.92 Å². The summed E-state index contributed by atoms with van der Waals surface area (Å²) in [6.07, 6.45) is 13.0. The van der Waals surface area contributed by atoms with Gasteiger partial charge in [-0.1, -0.05) is 61.4 Å². The molecule has 2 fully saturated rings. The molecule has 2 aliphatic heterocycles. The summed E-state index contributed by atoms with van der Waals surface area (Å²) in [5.74, 6) is 0.0711. The average molecular weight is 719 g/mol. The molecule has 2 saturated heterocycles. The molecule has 0 bridgehead atoms. The van der Waals surface area contributed by atoms with Crippen molar-refractivity contribution in [2.75, 3.05) is 25.0 Å². The van der Waals surface area contributed by atoms with Crippen molar-refractivity contribution in [3.05, 3.63) is 112 Å². The minimum Gasteiger partial charge on any atom is -0.480 e. The van der Waals surface area contributed by atoms with Gasteiger partial charge in [0.05, 0.1) is 11.1 Å². The molecular weight excluding hydrogens is 676 g/mol. The van der Waals surface area contributed by atoms with E-state index in [1.807, 2.05) is 41.4 Å². The van der Waals surface area contributed by atoms with Gasteiger partial charge in [-0.15, -0.1) is 0 Å². The lowest BCUT2D eigenvalue weighted by atomic mass is 9.73. The van der Waals surface area contributed by atoms with E-state index in [9.17, 15) is 15.0 Å². The number of piperidine rings is 1. The molecule has 5 heterocycles. The molecule has 5 aromatic rings. The summed E-state index contributed by atoms with van der Waals surface area (Å²) in [7, 11) is 0. The zero-order valence-electron chi connectivity index (χ0n) is 29.4. The number of halogens is 1. The maximum Gasteiger partial charge on any atom is 0.320 e. The lowest BCUT2D eigenvalue weighted by Crippen LogP contribution is -2.43. The van der Waals surface area contributed by atoms with Crippen LogP contribution in [0, 0.1) is 12.8 Å². The van der Waals surface area contributed by atoms with Gasteiger partial charge in [-0.25, -0.2) is 9.97 Å². The topological polar surface area (TPSA) is 128 Å². The maximum atomic E-state index is 12.0. The number of fused-ring (bicyclic) bond motifs is 2. The third-order valence-corrected chi connectivity index (χ3v) is 11.3. The highest BCUT2D eigenvalue weighted by atomic mass is 35.5. The predicted octanol–water partition coefficient (Wildman–Crippen LogP) is 7.34. The monoisotopic (exact) mass is 718 g/mol. The van der Waals surface area contributed by atoms with Crippen LogP contribution in [0.25, 0.3) is 27.6 Å². The Morgan fingerprint density at radius 1 is 1.08 bits per heavy atom. The number of β-amino-alcohol motifs (C(OH)–C–C–N with tert-alkyl or cyclic N) is 1. The van der Waals surface area contributed by atoms with Crippen LogP contribution in [0.4, 0.5) is 5.82 Å². The van der Waals surface area contributed by atoms with Crippen LogP contribution in [-0.2, 0) is 23.4 Å². The standard InChI is InChI=1S/C41H43ClN6O4/c1-25-8-3-4-9-31(25)32-10-7-14-41(26(32)2,46-38-36-29(12-15-43-38)18-28(21-44-36)22-47-17-13-30(49)24-47)40-45-34-20-27(19-33(42)37(34)52-40)23-48-16-6-5-11-35(48)39(50)51/h3-4,7-10,12,14-15,18-21,26,30,35,49H,5-6,11,13,16-17,22-24H2,1-2H3,(H,43,46)(H,50,51)/t26?,30-,35-,41?/m0/s1. The SMILES string of the molecule is Cc1ccccc1C1=CC=CC(Nc2nccc3cc(CN4CC[C@H](O)C4)cnc23)(c2nc3cc(CN4CCCC[C@H]4C(=O)O)cc(Cl)c3o2)C1C. The van der Waals surface area contributed by atoms with Crippen molar-refractivity contribution in [3.8, 4) is 0 Å². The Bertz CT molecular complexity index is 2220. The number of aliphatic carboxylic acids is 1. The molecule has 0 spiro atoms. The first-order valence-corrected chi connectivity index (χ1v) is 18.5. The van der Waals surface area contributed by atoms with Gasteiger partial charge in [0.15, 0.2) is 11.4 Å². The second-order valence-corrected chi connectivity index (χ2v) is 14.9. The largest absolute Gasteiger partial charge is 0.480 e. The molecule has 0 saturated carbocycles. The second kappa shape index (κ2) is 14.1. The Hall–Kier alpha value is -4.61. The summed E-state index contributed by atoms with van der Waals surface area (Å²) >= 11 is 6.92. The van der Waals surface area contributed by atoms with Gasteiger partial charge in [-0.05, 0) is 90.9 Å². The van der Waals surface area contributed by atoms with E-state index in [1.165, 1.54) is 0 Å². The number of aromatic nitrogens is 3. The van der Waals surface area contributed by atoms with Gasteiger partial charge in [-0.2, -0.15) is 0 Å². The highest BCUT2D eigenvalue weighted by Crippen LogP contribution is 2.46. The van der Waals surface area contributed by atoms with Crippen molar-refractivity contribution in [1.82, 2.24) is 24.8 Å². The first-order chi connectivity index (χ1) is 25.2. The molecule has 10 nitrogen and oxygen atoms in total. The maximum absolute atomic E-state index is 12.0. The molecule has 1 aliphatic carbocycles. The van der Waals surface area contributed by atoms with E-state index < -0.39 is 17.6 Å². The van der Waals surface area contributed by atoms with Gasteiger partial charge in [0.2, 0.25) is 5.89 Å². The number of aryl methyl sites for hydroxylation is 1. The van der Waals surface area contributed by atoms with Gasteiger partial charge >= 0.3 is 5.97 Å². The Morgan fingerprint density at radius 3 is 2.75 bits per heavy atom. The smallest absolute Gasteiger partial charge is 0.320 e. The molecule has 52 heavy (non-hydrogen) atoms. The summed E-state index contributed by atoms with van der Waals surface area (Å²) in [6, 6.07) is 15.8. The van der Waals surface area contributed by atoms with Crippen LogP contribution >= 0.6 is 11.6 Å². The fourth-order valence-corrected chi connectivity index (χ4v) is 8.50. The number of nitrogens with zero attached hydrogens (tertiary/aromatic N) is 5. The third kappa shape index (κ3) is 6.49. The third-order valence-electron chi connectivity index (χ3n) is 11.0. The van der Waals surface area contributed by atoms with E-state index in [4.69, 9.17) is 31.0 Å². The highest BCUT2D eigenvalue weighted by Gasteiger charge is 2.45. The lowest BCUT2D eigenvalue weighted by molar-refractivity contribution is -0.144. The number of aliphatic hydroxyl groups excluding tert-OH is 1. The van der Waals surface area contributed by atoms with E-state index in [1.54, 1.807) is 6.20 Å². The van der Waals surface area contributed by atoms with E-state index >= 15 is 0 Å². The predicted molar refractivity (Wildman–Crippen MR) is 203 cm³/mol. The van der Waals surface area contributed by atoms with Crippen LogP contribution < -0.4 is 5.32 Å². The minimum atomic E-state index is -0.983. The number of hydrogen-bond acceptors (Lipinski definition) is 9. The van der Waals surface area contributed by atoms with Gasteiger partial charge in [0, 0.05) is 49.9 Å². The number of benzene rings is 2. The number of anilines is 1. The van der Waals surface area contributed by atoms with Crippen LogP contribution in [0.2, 0.25) is 5.02 Å². The first kappa shape index (κ1) is 34.5. The zero-order valence-corrected chi connectivity index (χ0v) is 30.2. The number of oxazole rings is 1. The van der Waals surface area contributed by atoms with Crippen LogP contribution in [0.3, 0.4) is 0 Å². The first-order valence-electron chi connectivity index (χ1n) is 18.1. The van der Waals surface area contributed by atoms with Gasteiger partial charge in [-0.3, -0.25) is 19.6 Å². The normalized spacial score (nSPS) is 24.1. The van der Waals surface area contributed by atoms with E-state index in [2.05, 4.69) is 60.5 Å². The van der Waals surface area contributed by atoms with Crippen LogP contribution in [-0.4, -0.2) is 72.7 Å². The zero-order chi connectivity index (χ0) is 36.0. The van der Waals surface area contributed by atoms with E-state index in [0.29, 0.717) is 47.3 Å².